The summed E-state index contributed by atoms with van der Waals surface area (Å²) in [6, 6.07) is 4.50. The molecule has 0 radical (unpaired) electrons. The Balaban J connectivity index is 1.65. The number of pyridine rings is 1. The van der Waals surface area contributed by atoms with Crippen molar-refractivity contribution >= 4 is 17.5 Å². The quantitative estimate of drug-likeness (QED) is 0.533. The van der Waals surface area contributed by atoms with Crippen LogP contribution in [0, 0.1) is 17.6 Å². The van der Waals surface area contributed by atoms with Crippen LogP contribution in [-0.4, -0.2) is 73.0 Å². The van der Waals surface area contributed by atoms with E-state index in [2.05, 4.69) is 10.3 Å². The molecular formula is C26H28F5N3O5. The van der Waals surface area contributed by atoms with Crippen LogP contribution in [0.5, 0.6) is 5.75 Å². The molecule has 0 spiro atoms. The molecule has 0 unspecified atom stereocenters. The van der Waals surface area contributed by atoms with Crippen LogP contribution in [0.4, 0.5) is 27.6 Å². The Hall–Kier alpha value is -3.32. The van der Waals surface area contributed by atoms with E-state index in [0.29, 0.717) is 19.5 Å². The van der Waals surface area contributed by atoms with Crippen molar-refractivity contribution in [3.63, 3.8) is 0 Å². The Morgan fingerprint density at radius 1 is 1.21 bits per heavy atom. The molecule has 0 aliphatic carbocycles. The molecule has 8 nitrogen and oxygen atoms in total. The third kappa shape index (κ3) is 5.17. The smallest absolute Gasteiger partial charge is 0.417 e. The second kappa shape index (κ2) is 10.7. The summed E-state index contributed by atoms with van der Waals surface area (Å²) in [6.07, 6.45) is -4.83. The van der Waals surface area contributed by atoms with Gasteiger partial charge in [-0.3, -0.25) is 14.6 Å². The van der Waals surface area contributed by atoms with E-state index < -0.39 is 58.9 Å². The Bertz CT molecular complexity index is 1260. The van der Waals surface area contributed by atoms with E-state index in [1.807, 2.05) is 0 Å². The topological polar surface area (TPSA) is 90.0 Å². The number of alkyl halides is 3. The van der Waals surface area contributed by atoms with Crippen molar-refractivity contribution in [1.29, 1.82) is 0 Å². The molecule has 212 valence electrons. The van der Waals surface area contributed by atoms with Gasteiger partial charge in [-0.1, -0.05) is 13.0 Å². The SMILES string of the molecule is COc1c([C@H]2[C@H](C(=O)Nc3ccnc(C(=O)N4CC[C@@H](OC)C4)c3)O[C@@](C)(C(F)(F)F)[C@H]2C)ccc(F)c1F. The Morgan fingerprint density at radius 3 is 2.54 bits per heavy atom. The summed E-state index contributed by atoms with van der Waals surface area (Å²) in [5.41, 5.74) is -2.83. The minimum atomic E-state index is -4.89. The van der Waals surface area contributed by atoms with E-state index in [-0.39, 0.29) is 23.0 Å². The third-order valence-corrected chi connectivity index (χ3v) is 7.58. The molecule has 0 bridgehead atoms. The summed E-state index contributed by atoms with van der Waals surface area (Å²) < 4.78 is 86.4. The van der Waals surface area contributed by atoms with Gasteiger partial charge in [0.1, 0.15) is 11.8 Å². The van der Waals surface area contributed by atoms with Crippen LogP contribution >= 0.6 is 0 Å². The highest BCUT2D eigenvalue weighted by molar-refractivity contribution is 5.98. The molecule has 3 heterocycles. The lowest BCUT2D eigenvalue weighted by Gasteiger charge is -2.32. The maximum absolute atomic E-state index is 14.5. The largest absolute Gasteiger partial charge is 0.493 e. The number of benzene rings is 1. The number of carbonyl (C=O) groups excluding carboxylic acids is 2. The zero-order valence-corrected chi connectivity index (χ0v) is 21.6. The molecule has 1 aromatic carbocycles. The van der Waals surface area contributed by atoms with E-state index in [4.69, 9.17) is 14.2 Å². The maximum atomic E-state index is 14.5. The van der Waals surface area contributed by atoms with Gasteiger partial charge >= 0.3 is 6.18 Å². The molecule has 39 heavy (non-hydrogen) atoms. The van der Waals surface area contributed by atoms with Gasteiger partial charge in [-0.15, -0.1) is 0 Å². The summed E-state index contributed by atoms with van der Waals surface area (Å²) in [5, 5.41) is 2.49. The summed E-state index contributed by atoms with van der Waals surface area (Å²) >= 11 is 0. The fourth-order valence-electron chi connectivity index (χ4n) is 5.15. The lowest BCUT2D eigenvalue weighted by molar-refractivity contribution is -0.272. The van der Waals surface area contributed by atoms with Crippen LogP contribution in [-0.2, 0) is 14.3 Å². The molecule has 0 saturated carbocycles. The minimum absolute atomic E-state index is 0.0178. The molecule has 13 heteroatoms. The zero-order chi connectivity index (χ0) is 28.7. The van der Waals surface area contributed by atoms with Crippen molar-refractivity contribution in [1.82, 2.24) is 9.88 Å². The average molecular weight is 558 g/mol. The highest BCUT2D eigenvalue weighted by Crippen LogP contribution is 2.55. The Kier molecular flexibility index (Phi) is 7.86. The Labute approximate surface area is 221 Å². The van der Waals surface area contributed by atoms with Gasteiger partial charge in [-0.25, -0.2) is 4.39 Å². The van der Waals surface area contributed by atoms with Crippen LogP contribution in [0.2, 0.25) is 0 Å². The van der Waals surface area contributed by atoms with Crippen LogP contribution in [0.15, 0.2) is 30.5 Å². The van der Waals surface area contributed by atoms with Crippen molar-refractivity contribution in [2.24, 2.45) is 5.92 Å². The molecule has 2 aliphatic rings. The van der Waals surface area contributed by atoms with E-state index in [0.717, 1.165) is 26.2 Å². The zero-order valence-electron chi connectivity index (χ0n) is 21.6. The predicted octanol–water partition coefficient (Wildman–Crippen LogP) is 4.31. The molecule has 2 fully saturated rings. The number of nitrogens with zero attached hydrogens (tertiary/aromatic N) is 2. The van der Waals surface area contributed by atoms with Gasteiger partial charge in [-0.05, 0) is 31.5 Å². The number of carbonyl (C=O) groups is 2. The monoisotopic (exact) mass is 557 g/mol. The molecule has 2 amide bonds. The van der Waals surface area contributed by atoms with Crippen LogP contribution in [0.3, 0.4) is 0 Å². The van der Waals surface area contributed by atoms with Crippen LogP contribution < -0.4 is 10.1 Å². The number of likely N-dealkylation sites (tertiary alicyclic amines) is 1. The van der Waals surface area contributed by atoms with Gasteiger partial charge in [0.15, 0.2) is 17.2 Å². The first-order valence-electron chi connectivity index (χ1n) is 12.2. The number of hydrogen-bond donors (Lipinski definition) is 1. The van der Waals surface area contributed by atoms with Crippen LogP contribution in [0.1, 0.15) is 42.2 Å². The highest BCUT2D eigenvalue weighted by atomic mass is 19.4. The van der Waals surface area contributed by atoms with E-state index in [9.17, 15) is 31.5 Å². The molecular weight excluding hydrogens is 529 g/mol. The van der Waals surface area contributed by atoms with Crippen molar-refractivity contribution in [3.8, 4) is 5.75 Å². The van der Waals surface area contributed by atoms with E-state index in [1.54, 1.807) is 12.0 Å². The standard InChI is InChI=1S/C26H28F5N3O5/c1-13-19(16-5-6-17(27)20(28)21(16)38-4)22(39-25(13,2)26(29,30)31)23(35)33-14-7-9-32-18(11-14)24(36)34-10-8-15(12-34)37-3/h5-7,9,11,13,15,19,22H,8,10,12H2,1-4H3,(H,32,33,35)/t13-,15+,19-,22+,25+/m0/s1. The molecule has 2 saturated heterocycles. The van der Waals surface area contributed by atoms with Gasteiger partial charge in [0.05, 0.1) is 13.2 Å². The molecule has 2 aromatic rings. The summed E-state index contributed by atoms with van der Waals surface area (Å²) in [7, 11) is 2.59. The fraction of sp³-hybridized carbons (Fsp3) is 0.500. The number of ether oxygens (including phenoxy) is 3. The predicted molar refractivity (Wildman–Crippen MR) is 128 cm³/mol. The summed E-state index contributed by atoms with van der Waals surface area (Å²) in [6.45, 7) is 2.85. The molecule has 2 aliphatic heterocycles. The first kappa shape index (κ1) is 28.7. The number of rotatable bonds is 6. The van der Waals surface area contributed by atoms with Crippen molar-refractivity contribution < 1.29 is 45.8 Å². The Morgan fingerprint density at radius 2 is 1.92 bits per heavy atom. The lowest BCUT2D eigenvalue weighted by Crippen LogP contribution is -2.47. The average Bonchev–Trinajstić information content (AvgIpc) is 3.48. The first-order chi connectivity index (χ1) is 18.3. The van der Waals surface area contributed by atoms with Crippen LogP contribution in [0.25, 0.3) is 0 Å². The number of aromatic nitrogens is 1. The molecule has 5 atom stereocenters. The van der Waals surface area contributed by atoms with Gasteiger partial charge < -0.3 is 24.4 Å². The van der Waals surface area contributed by atoms with Crippen molar-refractivity contribution in [2.75, 3.05) is 32.6 Å². The van der Waals surface area contributed by atoms with Gasteiger partial charge in [0.2, 0.25) is 5.82 Å². The number of anilines is 1. The van der Waals surface area contributed by atoms with Crippen molar-refractivity contribution in [2.45, 2.75) is 50.2 Å². The second-order valence-electron chi connectivity index (χ2n) is 9.76. The highest BCUT2D eigenvalue weighted by Gasteiger charge is 2.66. The number of hydrogen-bond acceptors (Lipinski definition) is 6. The lowest BCUT2D eigenvalue weighted by atomic mass is 9.77. The number of nitrogens with one attached hydrogen (secondary N) is 1. The number of halogens is 5. The van der Waals surface area contributed by atoms with E-state index >= 15 is 0 Å². The molecule has 4 rings (SSSR count). The molecule has 1 aromatic heterocycles. The number of amides is 2. The maximum Gasteiger partial charge on any atom is 0.417 e. The first-order valence-corrected chi connectivity index (χ1v) is 12.2. The van der Waals surface area contributed by atoms with Gasteiger partial charge in [-0.2, -0.15) is 17.6 Å². The number of methoxy groups -OCH3 is 2. The minimum Gasteiger partial charge on any atom is -0.493 e. The second-order valence-corrected chi connectivity index (χ2v) is 9.76. The van der Waals surface area contributed by atoms with Gasteiger partial charge in [0, 0.05) is 49.5 Å². The fourth-order valence-corrected chi connectivity index (χ4v) is 5.15. The van der Waals surface area contributed by atoms with E-state index in [1.165, 1.54) is 25.3 Å². The summed E-state index contributed by atoms with van der Waals surface area (Å²) in [5.74, 6) is -7.40. The van der Waals surface area contributed by atoms with Crippen molar-refractivity contribution in [3.05, 3.63) is 53.4 Å². The normalized spacial score (nSPS) is 27.1. The third-order valence-electron chi connectivity index (χ3n) is 7.58. The summed E-state index contributed by atoms with van der Waals surface area (Å²) in [4.78, 5) is 31.9. The molecule has 1 N–H and O–H groups in total. The van der Waals surface area contributed by atoms with Gasteiger partial charge in [0.25, 0.3) is 11.8 Å².